The van der Waals surface area contributed by atoms with Crippen LogP contribution in [-0.2, 0) is 19.1 Å². The molecular formula is C31H61NaO4. The van der Waals surface area contributed by atoms with Crippen LogP contribution in [0, 0.1) is 0 Å². The summed E-state index contributed by atoms with van der Waals surface area (Å²) < 4.78 is 10.8. The Kier molecular flexibility index (Phi) is 31.2. The molecule has 0 saturated carbocycles. The molecule has 0 aromatic carbocycles. The van der Waals surface area contributed by atoms with Crippen LogP contribution in [0.2, 0.25) is 0 Å². The zero-order chi connectivity index (χ0) is 26.0. The molecule has 0 aromatic rings. The number of carbonyl (C=O) groups excluding carboxylic acids is 2. The second-order valence-electron chi connectivity index (χ2n) is 10.7. The van der Waals surface area contributed by atoms with Crippen LogP contribution in [0.1, 0.15) is 177 Å². The Hall–Kier alpha value is -0.0600. The predicted octanol–water partition coefficient (Wildman–Crippen LogP) is 6.98. The van der Waals surface area contributed by atoms with Crippen molar-refractivity contribution in [2.24, 2.45) is 0 Å². The van der Waals surface area contributed by atoms with Gasteiger partial charge in [-0.2, -0.15) is 0 Å². The zero-order valence-electron chi connectivity index (χ0n) is 26.1. The number of ether oxygens (including phenoxy) is 2. The van der Waals surface area contributed by atoms with Crippen molar-refractivity contribution >= 4 is 11.9 Å². The molecule has 0 aliphatic carbocycles. The van der Waals surface area contributed by atoms with Crippen LogP contribution in [0.4, 0.5) is 0 Å². The predicted molar refractivity (Wildman–Crippen MR) is 150 cm³/mol. The normalized spacial score (nSPS) is 12.6. The van der Waals surface area contributed by atoms with E-state index in [-0.39, 0.29) is 49.6 Å². The van der Waals surface area contributed by atoms with Gasteiger partial charge >= 0.3 is 41.5 Å². The summed E-state index contributed by atoms with van der Waals surface area (Å²) in [7, 11) is 0. The van der Waals surface area contributed by atoms with Crippen molar-refractivity contribution in [3.63, 3.8) is 0 Å². The standard InChI is InChI=1S/C31H60O4.Na.H/c1-5-7-9-11-13-15-17-19-21-23-25-28(3)34-30(32)27-31(33)35-29(4)26-24-22-20-18-16-14-12-10-8-6-2;;/h28-29H,5-27H2,1-4H3;;/q;+1;-1. The molecule has 210 valence electrons. The first-order valence-electron chi connectivity index (χ1n) is 15.4. The number of hydrogen-bond donors (Lipinski definition) is 0. The summed E-state index contributed by atoms with van der Waals surface area (Å²) in [5.74, 6) is -0.915. The molecule has 0 radical (unpaired) electrons. The largest absolute Gasteiger partial charge is 1.00 e. The molecule has 0 aliphatic heterocycles. The Morgan fingerprint density at radius 1 is 0.500 bits per heavy atom. The van der Waals surface area contributed by atoms with Crippen molar-refractivity contribution in [1.82, 2.24) is 0 Å². The average molecular weight is 521 g/mol. The van der Waals surface area contributed by atoms with Crippen LogP contribution in [0.3, 0.4) is 0 Å². The van der Waals surface area contributed by atoms with E-state index in [0.29, 0.717) is 0 Å². The van der Waals surface area contributed by atoms with Gasteiger partial charge in [0.15, 0.2) is 0 Å². The van der Waals surface area contributed by atoms with Crippen molar-refractivity contribution in [3.8, 4) is 0 Å². The maximum Gasteiger partial charge on any atom is 1.00 e. The summed E-state index contributed by atoms with van der Waals surface area (Å²) in [6.07, 6.45) is 27.1. The number of hydrogen-bond acceptors (Lipinski definition) is 4. The molecule has 2 unspecified atom stereocenters. The molecule has 0 N–H and O–H groups in total. The molecule has 0 aromatic heterocycles. The minimum atomic E-state index is -0.458. The van der Waals surface area contributed by atoms with Gasteiger partial charge in [0.05, 0.1) is 12.2 Å². The second kappa shape index (κ2) is 29.5. The Labute approximate surface area is 248 Å². The van der Waals surface area contributed by atoms with E-state index in [9.17, 15) is 9.59 Å². The Bertz CT molecular complexity index is 448. The van der Waals surface area contributed by atoms with E-state index < -0.39 is 11.9 Å². The molecule has 2 atom stereocenters. The van der Waals surface area contributed by atoms with Crippen molar-refractivity contribution in [2.75, 3.05) is 0 Å². The van der Waals surface area contributed by atoms with E-state index >= 15 is 0 Å². The topological polar surface area (TPSA) is 52.6 Å². The van der Waals surface area contributed by atoms with Crippen LogP contribution < -0.4 is 29.6 Å². The third-order valence-corrected chi connectivity index (χ3v) is 6.88. The third-order valence-electron chi connectivity index (χ3n) is 6.88. The molecule has 5 heteroatoms. The SMILES string of the molecule is CCCCCCCCCCCCC(C)OC(=O)CC(=O)OC(C)CCCCCCCCCCCC.[H-].[Na+]. The summed E-state index contributed by atoms with van der Waals surface area (Å²) in [5.41, 5.74) is 0. The van der Waals surface area contributed by atoms with Crippen LogP contribution in [0.5, 0.6) is 0 Å². The van der Waals surface area contributed by atoms with Crippen LogP contribution in [-0.4, -0.2) is 24.1 Å². The van der Waals surface area contributed by atoms with Crippen molar-refractivity contribution in [2.45, 2.75) is 188 Å². The quantitative estimate of drug-likeness (QED) is 0.0534. The minimum Gasteiger partial charge on any atom is -1.00 e. The van der Waals surface area contributed by atoms with Crippen molar-refractivity contribution in [1.29, 1.82) is 0 Å². The molecule has 0 saturated heterocycles. The fraction of sp³-hybridized carbons (Fsp3) is 0.935. The fourth-order valence-corrected chi connectivity index (χ4v) is 4.61. The Morgan fingerprint density at radius 2 is 0.750 bits per heavy atom. The molecule has 4 nitrogen and oxygen atoms in total. The summed E-state index contributed by atoms with van der Waals surface area (Å²) in [4.78, 5) is 24.1. The number of rotatable bonds is 26. The van der Waals surface area contributed by atoms with Gasteiger partial charge in [-0.3, -0.25) is 9.59 Å². The molecule has 0 bridgehead atoms. The van der Waals surface area contributed by atoms with E-state index in [1.807, 2.05) is 13.8 Å². The van der Waals surface area contributed by atoms with Crippen molar-refractivity contribution in [3.05, 3.63) is 0 Å². The van der Waals surface area contributed by atoms with Gasteiger partial charge in [-0.15, -0.1) is 0 Å². The van der Waals surface area contributed by atoms with E-state index in [4.69, 9.17) is 9.47 Å². The van der Waals surface area contributed by atoms with Gasteiger partial charge < -0.3 is 10.9 Å². The molecule has 0 heterocycles. The molecule has 0 aliphatic rings. The smallest absolute Gasteiger partial charge is 1.00 e. The number of unbranched alkanes of at least 4 members (excludes halogenated alkanes) is 18. The first kappa shape index (κ1) is 38.1. The monoisotopic (exact) mass is 520 g/mol. The van der Waals surface area contributed by atoms with E-state index in [2.05, 4.69) is 13.8 Å². The summed E-state index contributed by atoms with van der Waals surface area (Å²) in [6, 6.07) is 0. The molecule has 36 heavy (non-hydrogen) atoms. The first-order valence-corrected chi connectivity index (χ1v) is 15.4. The Morgan fingerprint density at radius 3 is 1.03 bits per heavy atom. The number of esters is 2. The maximum absolute atomic E-state index is 12.0. The summed E-state index contributed by atoms with van der Waals surface area (Å²) in [6.45, 7) is 8.35. The fourth-order valence-electron chi connectivity index (χ4n) is 4.61. The van der Waals surface area contributed by atoms with Gasteiger partial charge in [0.25, 0.3) is 0 Å². The van der Waals surface area contributed by atoms with Gasteiger partial charge in [-0.25, -0.2) is 0 Å². The second-order valence-corrected chi connectivity index (χ2v) is 10.7. The van der Waals surface area contributed by atoms with E-state index in [1.54, 1.807) is 0 Å². The summed E-state index contributed by atoms with van der Waals surface area (Å²) >= 11 is 0. The molecule has 0 rings (SSSR count). The summed E-state index contributed by atoms with van der Waals surface area (Å²) in [5, 5.41) is 0. The molecule has 0 spiro atoms. The molecular weight excluding hydrogens is 459 g/mol. The minimum absolute atomic E-state index is 0. The van der Waals surface area contributed by atoms with Gasteiger partial charge in [0.2, 0.25) is 0 Å². The zero-order valence-corrected chi connectivity index (χ0v) is 27.1. The molecule has 0 fully saturated rings. The Balaban J connectivity index is -0.00000578. The van der Waals surface area contributed by atoms with Crippen molar-refractivity contribution < 1.29 is 50.0 Å². The average Bonchev–Trinajstić information content (AvgIpc) is 2.81. The van der Waals surface area contributed by atoms with E-state index in [1.165, 1.54) is 116 Å². The van der Waals surface area contributed by atoms with Crippen LogP contribution in [0.15, 0.2) is 0 Å². The van der Waals surface area contributed by atoms with Gasteiger partial charge in [-0.1, -0.05) is 129 Å². The van der Waals surface area contributed by atoms with Gasteiger partial charge in [0.1, 0.15) is 6.42 Å². The van der Waals surface area contributed by atoms with Crippen LogP contribution in [0.25, 0.3) is 0 Å². The van der Waals surface area contributed by atoms with Gasteiger partial charge in [-0.05, 0) is 39.5 Å². The van der Waals surface area contributed by atoms with E-state index in [0.717, 1.165) is 25.7 Å². The molecule has 0 amide bonds. The third kappa shape index (κ3) is 28.5. The first-order chi connectivity index (χ1) is 17.0. The number of carbonyl (C=O) groups is 2. The van der Waals surface area contributed by atoms with Gasteiger partial charge in [0, 0.05) is 0 Å². The maximum atomic E-state index is 12.0. The van der Waals surface area contributed by atoms with Crippen LogP contribution >= 0.6 is 0 Å².